The third kappa shape index (κ3) is 5.16. The fourth-order valence-electron chi connectivity index (χ4n) is 2.05. The van der Waals surface area contributed by atoms with E-state index in [0.29, 0.717) is 5.11 Å². The molecular formula is C16H19ClN4S. The smallest absolute Gasteiger partial charge is 0.186 e. The van der Waals surface area contributed by atoms with Crippen molar-refractivity contribution >= 4 is 35.1 Å². The molecule has 1 aromatic carbocycles. The number of nitrogens with zero attached hydrogens (tertiary/aromatic N) is 1. The minimum absolute atomic E-state index is 0.509. The number of aromatic amines is 1. The first-order valence-corrected chi connectivity index (χ1v) is 7.81. The molecule has 1 heterocycles. The molecule has 0 spiro atoms. The Morgan fingerprint density at radius 1 is 1.32 bits per heavy atom. The van der Waals surface area contributed by atoms with Crippen molar-refractivity contribution in [3.63, 3.8) is 0 Å². The van der Waals surface area contributed by atoms with E-state index in [1.165, 1.54) is 5.56 Å². The van der Waals surface area contributed by atoms with E-state index in [1.807, 2.05) is 44.2 Å². The molecule has 22 heavy (non-hydrogen) atoms. The summed E-state index contributed by atoms with van der Waals surface area (Å²) < 4.78 is 0. The largest absolute Gasteiger partial charge is 0.362 e. The molecule has 0 saturated carbocycles. The van der Waals surface area contributed by atoms with Crippen LogP contribution in [0.15, 0.2) is 35.4 Å². The number of hydrogen-bond donors (Lipinski definition) is 3. The topological polar surface area (TPSA) is 52.2 Å². The van der Waals surface area contributed by atoms with Crippen molar-refractivity contribution in [2.45, 2.75) is 20.3 Å². The van der Waals surface area contributed by atoms with Gasteiger partial charge in [0.2, 0.25) is 0 Å². The zero-order valence-electron chi connectivity index (χ0n) is 12.6. The number of rotatable bonds is 5. The Hall–Kier alpha value is -1.85. The zero-order chi connectivity index (χ0) is 15.9. The molecule has 0 atom stereocenters. The fourth-order valence-corrected chi connectivity index (χ4v) is 2.33. The van der Waals surface area contributed by atoms with Gasteiger partial charge in [0.05, 0.1) is 6.21 Å². The van der Waals surface area contributed by atoms with Crippen molar-refractivity contribution < 1.29 is 0 Å². The molecule has 0 aliphatic carbocycles. The molecule has 4 nitrogen and oxygen atoms in total. The molecule has 116 valence electrons. The summed E-state index contributed by atoms with van der Waals surface area (Å²) in [4.78, 5) is 3.23. The Kier molecular flexibility index (Phi) is 5.98. The summed E-state index contributed by atoms with van der Waals surface area (Å²) in [6, 6.07) is 9.83. The molecule has 0 aliphatic heterocycles. The van der Waals surface area contributed by atoms with Gasteiger partial charge in [0.1, 0.15) is 0 Å². The molecule has 2 rings (SSSR count). The quantitative estimate of drug-likeness (QED) is 0.446. The third-order valence-electron chi connectivity index (χ3n) is 3.17. The number of nitrogens with one attached hydrogen (secondary N) is 3. The number of aryl methyl sites for hydroxylation is 2. The maximum atomic E-state index is 5.85. The van der Waals surface area contributed by atoms with Gasteiger partial charge in [-0.3, -0.25) is 5.43 Å². The second-order valence-corrected chi connectivity index (χ2v) is 5.88. The standard InChI is InChI=1S/C16H19ClN4S/c1-11-9-14(12(2)20-11)10-19-21-16(22)18-8-7-13-3-5-15(17)6-4-13/h3-6,9-10,20H,7-8H2,1-2H3,(H2,18,21,22)/b19-10+. The van der Waals surface area contributed by atoms with Gasteiger partial charge < -0.3 is 10.3 Å². The molecule has 0 amide bonds. The summed E-state index contributed by atoms with van der Waals surface area (Å²) in [6.07, 6.45) is 2.63. The summed E-state index contributed by atoms with van der Waals surface area (Å²) in [5, 5.41) is 8.51. The Morgan fingerprint density at radius 3 is 2.68 bits per heavy atom. The van der Waals surface area contributed by atoms with Gasteiger partial charge >= 0.3 is 0 Å². The number of benzene rings is 1. The van der Waals surface area contributed by atoms with E-state index in [1.54, 1.807) is 6.21 Å². The van der Waals surface area contributed by atoms with E-state index in [-0.39, 0.29) is 0 Å². The Bertz CT molecular complexity index is 661. The van der Waals surface area contributed by atoms with Crippen LogP contribution < -0.4 is 10.7 Å². The van der Waals surface area contributed by atoms with Crippen molar-refractivity contribution in [3.05, 3.63) is 57.9 Å². The molecule has 0 bridgehead atoms. The molecule has 0 aliphatic rings. The van der Waals surface area contributed by atoms with Crippen LogP contribution in [0.1, 0.15) is 22.5 Å². The highest BCUT2D eigenvalue weighted by Gasteiger charge is 1.99. The van der Waals surface area contributed by atoms with Gasteiger partial charge in [-0.15, -0.1) is 0 Å². The highest BCUT2D eigenvalue weighted by Crippen LogP contribution is 2.09. The van der Waals surface area contributed by atoms with Gasteiger partial charge in [0, 0.05) is 28.5 Å². The van der Waals surface area contributed by atoms with Crippen LogP contribution in [0.25, 0.3) is 0 Å². The van der Waals surface area contributed by atoms with E-state index in [4.69, 9.17) is 23.8 Å². The van der Waals surface area contributed by atoms with Crippen LogP contribution in [-0.4, -0.2) is 22.9 Å². The predicted molar refractivity (Wildman–Crippen MR) is 96.8 cm³/mol. The molecule has 2 aromatic rings. The number of hydrogen-bond acceptors (Lipinski definition) is 2. The predicted octanol–water partition coefficient (Wildman–Crippen LogP) is 3.33. The van der Waals surface area contributed by atoms with E-state index >= 15 is 0 Å². The Labute approximate surface area is 141 Å². The van der Waals surface area contributed by atoms with Crippen molar-refractivity contribution in [1.82, 2.24) is 15.7 Å². The van der Waals surface area contributed by atoms with Gasteiger partial charge in [-0.25, -0.2) is 0 Å². The number of aromatic nitrogens is 1. The van der Waals surface area contributed by atoms with Gasteiger partial charge in [-0.1, -0.05) is 23.7 Å². The van der Waals surface area contributed by atoms with Crippen LogP contribution in [-0.2, 0) is 6.42 Å². The van der Waals surface area contributed by atoms with Crippen LogP contribution in [0, 0.1) is 13.8 Å². The van der Waals surface area contributed by atoms with Crippen LogP contribution in [0.2, 0.25) is 5.02 Å². The van der Waals surface area contributed by atoms with Crippen LogP contribution in [0.3, 0.4) is 0 Å². The van der Waals surface area contributed by atoms with Gasteiger partial charge in [0.25, 0.3) is 0 Å². The summed E-state index contributed by atoms with van der Waals surface area (Å²) in [5.41, 5.74) is 7.28. The molecule has 6 heteroatoms. The van der Waals surface area contributed by atoms with E-state index < -0.39 is 0 Å². The molecule has 1 aromatic heterocycles. The first-order valence-electron chi connectivity index (χ1n) is 7.02. The van der Waals surface area contributed by atoms with Crippen molar-refractivity contribution in [3.8, 4) is 0 Å². The van der Waals surface area contributed by atoms with Gasteiger partial charge in [0.15, 0.2) is 5.11 Å². The molecule has 0 fully saturated rings. The summed E-state index contributed by atoms with van der Waals surface area (Å²) in [6.45, 7) is 4.77. The average Bonchev–Trinajstić information content (AvgIpc) is 2.79. The Balaban J connectivity index is 1.72. The Morgan fingerprint density at radius 2 is 2.05 bits per heavy atom. The highest BCUT2D eigenvalue weighted by molar-refractivity contribution is 7.80. The van der Waals surface area contributed by atoms with Crippen LogP contribution >= 0.6 is 23.8 Å². The lowest BCUT2D eigenvalue weighted by molar-refractivity contribution is 0.838. The first kappa shape index (κ1) is 16.5. The van der Waals surface area contributed by atoms with Gasteiger partial charge in [-0.05, 0) is 56.2 Å². The average molecular weight is 335 g/mol. The first-order chi connectivity index (χ1) is 10.5. The number of halogens is 1. The highest BCUT2D eigenvalue weighted by atomic mass is 35.5. The maximum absolute atomic E-state index is 5.85. The van der Waals surface area contributed by atoms with Crippen LogP contribution in [0.5, 0.6) is 0 Å². The van der Waals surface area contributed by atoms with E-state index in [2.05, 4.69) is 20.8 Å². The second kappa shape index (κ2) is 7.96. The lowest BCUT2D eigenvalue weighted by Crippen LogP contribution is -2.33. The third-order valence-corrected chi connectivity index (χ3v) is 3.66. The number of H-pyrrole nitrogens is 1. The molecule has 0 unspecified atom stereocenters. The van der Waals surface area contributed by atoms with Crippen molar-refractivity contribution in [2.75, 3.05) is 6.54 Å². The molecule has 0 saturated heterocycles. The second-order valence-electron chi connectivity index (χ2n) is 5.04. The maximum Gasteiger partial charge on any atom is 0.186 e. The van der Waals surface area contributed by atoms with Crippen molar-refractivity contribution in [2.24, 2.45) is 5.10 Å². The van der Waals surface area contributed by atoms with Crippen LogP contribution in [0.4, 0.5) is 0 Å². The zero-order valence-corrected chi connectivity index (χ0v) is 14.2. The molecule has 0 radical (unpaired) electrons. The SMILES string of the molecule is Cc1cc(/C=N/NC(=S)NCCc2ccc(Cl)cc2)c(C)[nH]1. The fraction of sp³-hybridized carbons (Fsp3) is 0.250. The normalized spacial score (nSPS) is 10.9. The lowest BCUT2D eigenvalue weighted by atomic mass is 10.1. The molecular weight excluding hydrogens is 316 g/mol. The number of hydrazone groups is 1. The van der Waals surface area contributed by atoms with E-state index in [0.717, 1.165) is 34.9 Å². The van der Waals surface area contributed by atoms with Crippen molar-refractivity contribution in [1.29, 1.82) is 0 Å². The monoisotopic (exact) mass is 334 g/mol. The molecule has 3 N–H and O–H groups in total. The summed E-state index contributed by atoms with van der Waals surface area (Å²) in [5.74, 6) is 0. The summed E-state index contributed by atoms with van der Waals surface area (Å²) in [7, 11) is 0. The van der Waals surface area contributed by atoms with Gasteiger partial charge in [-0.2, -0.15) is 5.10 Å². The summed E-state index contributed by atoms with van der Waals surface area (Å²) >= 11 is 11.0. The minimum Gasteiger partial charge on any atom is -0.362 e. The lowest BCUT2D eigenvalue weighted by Gasteiger charge is -2.07. The minimum atomic E-state index is 0.509. The number of thiocarbonyl (C=S) groups is 1. The van der Waals surface area contributed by atoms with E-state index in [9.17, 15) is 0 Å².